The standard InChI is InChI=1S/C19H15Cl2N5O4/c1-30-14-7-4-11(21)8-13(14)22-15(27)9-25-17-16(23-24-25)18(28)26(19(17)29)12-5-2-10(20)3-6-12/h2-8,16-17H,9H2,1H3,(H,22,27)/t16-,17+/m1/s1. The maximum atomic E-state index is 12.9. The van der Waals surface area contributed by atoms with Crippen molar-refractivity contribution in [1.29, 1.82) is 0 Å². The topological polar surface area (TPSA) is 104 Å². The van der Waals surface area contributed by atoms with Gasteiger partial charge in [-0.2, -0.15) is 5.11 Å². The SMILES string of the molecule is COc1ccc(Cl)cc1NC(=O)CN1N=N[C@H]2C(=O)N(c3ccc(Cl)cc3)C(=O)[C@H]21. The number of ether oxygens (including phenoxy) is 1. The summed E-state index contributed by atoms with van der Waals surface area (Å²) in [6.45, 7) is -0.284. The van der Waals surface area contributed by atoms with Crippen LogP contribution in [-0.4, -0.2) is 48.5 Å². The zero-order valence-corrected chi connectivity index (χ0v) is 17.1. The zero-order valence-electron chi connectivity index (χ0n) is 15.6. The van der Waals surface area contributed by atoms with Crippen molar-refractivity contribution in [3.8, 4) is 5.75 Å². The summed E-state index contributed by atoms with van der Waals surface area (Å²) in [6.07, 6.45) is 0. The van der Waals surface area contributed by atoms with Crippen LogP contribution in [0.5, 0.6) is 5.75 Å². The lowest BCUT2D eigenvalue weighted by Crippen LogP contribution is -2.43. The van der Waals surface area contributed by atoms with Gasteiger partial charge in [0.1, 0.15) is 12.3 Å². The Hall–Kier alpha value is -3.17. The minimum absolute atomic E-state index is 0.284. The number of carbonyl (C=O) groups is 3. The molecule has 3 amide bonds. The quantitative estimate of drug-likeness (QED) is 0.709. The second-order valence-corrected chi connectivity index (χ2v) is 7.45. The molecule has 0 saturated carbocycles. The second kappa shape index (κ2) is 7.92. The van der Waals surface area contributed by atoms with E-state index in [4.69, 9.17) is 27.9 Å². The number of methoxy groups -OCH3 is 1. The average molecular weight is 448 g/mol. The molecule has 2 heterocycles. The Morgan fingerprint density at radius 1 is 1.10 bits per heavy atom. The molecule has 0 unspecified atom stereocenters. The Balaban J connectivity index is 1.49. The molecule has 0 bridgehead atoms. The van der Waals surface area contributed by atoms with Crippen molar-refractivity contribution in [2.24, 2.45) is 10.3 Å². The van der Waals surface area contributed by atoms with Gasteiger partial charge >= 0.3 is 0 Å². The molecule has 2 aromatic carbocycles. The highest BCUT2D eigenvalue weighted by molar-refractivity contribution is 6.31. The largest absolute Gasteiger partial charge is 0.495 e. The number of imide groups is 1. The summed E-state index contributed by atoms with van der Waals surface area (Å²) in [5.41, 5.74) is 0.756. The molecule has 2 aliphatic rings. The van der Waals surface area contributed by atoms with E-state index in [1.165, 1.54) is 12.1 Å². The first kappa shape index (κ1) is 20.1. The molecule has 154 valence electrons. The van der Waals surface area contributed by atoms with Gasteiger partial charge in [-0.3, -0.25) is 19.4 Å². The van der Waals surface area contributed by atoms with Crippen molar-refractivity contribution in [2.45, 2.75) is 12.1 Å². The average Bonchev–Trinajstić information content (AvgIpc) is 3.23. The number of carbonyl (C=O) groups excluding carboxylic acids is 3. The molecular weight excluding hydrogens is 433 g/mol. The molecule has 1 saturated heterocycles. The number of hydrogen-bond donors (Lipinski definition) is 1. The third-order valence-electron chi connectivity index (χ3n) is 4.68. The zero-order chi connectivity index (χ0) is 21.4. The van der Waals surface area contributed by atoms with Crippen molar-refractivity contribution in [3.63, 3.8) is 0 Å². The molecule has 2 aliphatic heterocycles. The molecule has 0 aromatic heterocycles. The fraction of sp³-hybridized carbons (Fsp3) is 0.211. The molecule has 2 aromatic rings. The third kappa shape index (κ3) is 3.57. The first-order chi connectivity index (χ1) is 14.4. The Kier molecular flexibility index (Phi) is 5.31. The van der Waals surface area contributed by atoms with Crippen LogP contribution in [0.15, 0.2) is 52.8 Å². The Labute approximate surface area is 181 Å². The van der Waals surface area contributed by atoms with E-state index >= 15 is 0 Å². The van der Waals surface area contributed by atoms with Gasteiger partial charge in [-0.25, -0.2) is 4.90 Å². The van der Waals surface area contributed by atoms with E-state index in [1.54, 1.807) is 42.5 Å². The Bertz CT molecular complexity index is 1060. The van der Waals surface area contributed by atoms with Crippen molar-refractivity contribution in [3.05, 3.63) is 52.5 Å². The third-order valence-corrected chi connectivity index (χ3v) is 5.17. The smallest absolute Gasteiger partial charge is 0.263 e. The number of benzene rings is 2. The molecule has 1 N–H and O–H groups in total. The van der Waals surface area contributed by atoms with Crippen LogP contribution < -0.4 is 15.0 Å². The summed E-state index contributed by atoms with van der Waals surface area (Å²) in [4.78, 5) is 39.2. The monoisotopic (exact) mass is 447 g/mol. The van der Waals surface area contributed by atoms with E-state index in [9.17, 15) is 14.4 Å². The van der Waals surface area contributed by atoms with Crippen LogP contribution in [-0.2, 0) is 14.4 Å². The van der Waals surface area contributed by atoms with Gasteiger partial charge in [-0.1, -0.05) is 28.4 Å². The Morgan fingerprint density at radius 2 is 1.80 bits per heavy atom. The fourth-order valence-electron chi connectivity index (χ4n) is 3.31. The van der Waals surface area contributed by atoms with Crippen LogP contribution in [0.4, 0.5) is 11.4 Å². The highest BCUT2D eigenvalue weighted by atomic mass is 35.5. The van der Waals surface area contributed by atoms with Crippen LogP contribution in [0.2, 0.25) is 10.0 Å². The minimum atomic E-state index is -0.998. The van der Waals surface area contributed by atoms with Crippen molar-refractivity contribution >= 4 is 52.3 Å². The molecule has 0 aliphatic carbocycles. The highest BCUT2D eigenvalue weighted by Crippen LogP contribution is 2.32. The number of rotatable bonds is 5. The summed E-state index contributed by atoms with van der Waals surface area (Å²) in [5, 5.41) is 12.5. The first-order valence-electron chi connectivity index (χ1n) is 8.83. The van der Waals surface area contributed by atoms with Crippen LogP contribution in [0.3, 0.4) is 0 Å². The predicted octanol–water partition coefficient (Wildman–Crippen LogP) is 2.93. The summed E-state index contributed by atoms with van der Waals surface area (Å²) in [6, 6.07) is 9.10. The lowest BCUT2D eigenvalue weighted by Gasteiger charge is -2.20. The number of amides is 3. The van der Waals surface area contributed by atoms with E-state index in [1.807, 2.05) is 0 Å². The van der Waals surface area contributed by atoms with Gasteiger partial charge in [0.15, 0.2) is 12.1 Å². The molecule has 9 nitrogen and oxygen atoms in total. The maximum Gasteiger partial charge on any atom is 0.263 e. The number of nitrogens with one attached hydrogen (secondary N) is 1. The number of anilines is 2. The fourth-order valence-corrected chi connectivity index (χ4v) is 3.61. The summed E-state index contributed by atoms with van der Waals surface area (Å²) < 4.78 is 5.20. The van der Waals surface area contributed by atoms with Crippen molar-refractivity contribution in [1.82, 2.24) is 5.01 Å². The van der Waals surface area contributed by atoms with Crippen LogP contribution >= 0.6 is 23.2 Å². The van der Waals surface area contributed by atoms with Gasteiger partial charge in [0.05, 0.1) is 18.5 Å². The van der Waals surface area contributed by atoms with Gasteiger partial charge in [0.2, 0.25) is 5.91 Å². The summed E-state index contributed by atoms with van der Waals surface area (Å²) in [5.74, 6) is -1.06. The maximum absolute atomic E-state index is 12.9. The molecule has 0 spiro atoms. The lowest BCUT2D eigenvalue weighted by molar-refractivity contribution is -0.123. The van der Waals surface area contributed by atoms with Crippen molar-refractivity contribution < 1.29 is 19.1 Å². The molecule has 30 heavy (non-hydrogen) atoms. The van der Waals surface area contributed by atoms with Gasteiger partial charge in [-0.05, 0) is 42.5 Å². The van der Waals surface area contributed by atoms with Gasteiger partial charge in [0.25, 0.3) is 11.8 Å². The van der Waals surface area contributed by atoms with Gasteiger partial charge in [-0.15, -0.1) is 0 Å². The molecular formula is C19H15Cl2N5O4. The van der Waals surface area contributed by atoms with Gasteiger partial charge in [0, 0.05) is 10.0 Å². The summed E-state index contributed by atoms with van der Waals surface area (Å²) >= 11 is 11.8. The number of nitrogens with zero attached hydrogens (tertiary/aromatic N) is 4. The minimum Gasteiger partial charge on any atom is -0.495 e. The summed E-state index contributed by atoms with van der Waals surface area (Å²) in [7, 11) is 1.46. The molecule has 2 atom stereocenters. The van der Waals surface area contributed by atoms with E-state index in [0.717, 1.165) is 4.90 Å². The second-order valence-electron chi connectivity index (χ2n) is 6.57. The molecule has 4 rings (SSSR count). The Morgan fingerprint density at radius 3 is 2.50 bits per heavy atom. The van der Waals surface area contributed by atoms with E-state index in [-0.39, 0.29) is 6.54 Å². The van der Waals surface area contributed by atoms with Gasteiger partial charge < -0.3 is 10.1 Å². The number of fused-ring (bicyclic) bond motifs is 1. The molecule has 0 radical (unpaired) electrons. The van der Waals surface area contributed by atoms with E-state index in [0.29, 0.717) is 27.2 Å². The first-order valence-corrected chi connectivity index (χ1v) is 9.59. The predicted molar refractivity (Wildman–Crippen MR) is 110 cm³/mol. The van der Waals surface area contributed by atoms with Crippen molar-refractivity contribution in [2.75, 3.05) is 23.9 Å². The number of hydrogen-bond acceptors (Lipinski definition) is 7. The molecule has 1 fully saturated rings. The number of halogens is 2. The van der Waals surface area contributed by atoms with E-state index < -0.39 is 29.8 Å². The normalized spacial score (nSPS) is 20.0. The lowest BCUT2D eigenvalue weighted by atomic mass is 10.1. The van der Waals surface area contributed by atoms with Crippen LogP contribution in [0.1, 0.15) is 0 Å². The molecule has 11 heteroatoms. The highest BCUT2D eigenvalue weighted by Gasteiger charge is 2.55. The van der Waals surface area contributed by atoms with Crippen LogP contribution in [0.25, 0.3) is 0 Å². The van der Waals surface area contributed by atoms with Crippen LogP contribution in [0, 0.1) is 0 Å². The van der Waals surface area contributed by atoms with E-state index in [2.05, 4.69) is 15.7 Å².